The fourth-order valence-electron chi connectivity index (χ4n) is 3.79. The first-order chi connectivity index (χ1) is 14.5. The molecule has 0 saturated heterocycles. The number of benzene rings is 2. The van der Waals surface area contributed by atoms with Gasteiger partial charge in [-0.3, -0.25) is 9.62 Å². The molecule has 1 aliphatic heterocycles. The monoisotopic (exact) mass is 430 g/mol. The predicted molar refractivity (Wildman–Crippen MR) is 124 cm³/mol. The molecule has 0 aromatic heterocycles. The quantitative estimate of drug-likeness (QED) is 0.474. The molecule has 0 saturated carbocycles. The summed E-state index contributed by atoms with van der Waals surface area (Å²) in [6.07, 6.45) is 6.05. The van der Waals surface area contributed by atoms with Crippen molar-refractivity contribution in [1.29, 1.82) is 0 Å². The zero-order valence-corrected chi connectivity index (χ0v) is 19.0. The van der Waals surface area contributed by atoms with Crippen molar-refractivity contribution in [1.82, 2.24) is 4.90 Å². The van der Waals surface area contributed by atoms with Crippen molar-refractivity contribution < 1.29 is 13.2 Å². The third kappa shape index (κ3) is 6.47. The molecule has 5 nitrogen and oxygen atoms in total. The smallest absolute Gasteiger partial charge is 0.232 e. The van der Waals surface area contributed by atoms with Crippen LogP contribution in [0.4, 0.5) is 5.69 Å². The molecule has 1 heterocycles. The summed E-state index contributed by atoms with van der Waals surface area (Å²) in [5.41, 5.74) is 3.19. The lowest BCUT2D eigenvalue weighted by atomic mass is 9.98. The van der Waals surface area contributed by atoms with Gasteiger partial charge in [0.15, 0.2) is 0 Å². The lowest BCUT2D eigenvalue weighted by Gasteiger charge is -2.29. The maximum Gasteiger partial charge on any atom is 0.232 e. The van der Waals surface area contributed by atoms with Crippen LogP contribution in [0.3, 0.4) is 0 Å². The number of nitrogens with zero attached hydrogens (tertiary/aromatic N) is 1. The van der Waals surface area contributed by atoms with Gasteiger partial charge in [-0.15, -0.1) is 0 Å². The van der Waals surface area contributed by atoms with Crippen molar-refractivity contribution in [3.8, 4) is 11.5 Å². The number of fused-ring (bicyclic) bond motifs is 1. The van der Waals surface area contributed by atoms with Gasteiger partial charge in [-0.05, 0) is 61.7 Å². The first-order valence-corrected chi connectivity index (χ1v) is 12.8. The summed E-state index contributed by atoms with van der Waals surface area (Å²) in [6.45, 7) is 7.48. The van der Waals surface area contributed by atoms with Crippen LogP contribution in [-0.4, -0.2) is 32.2 Å². The molecule has 164 valence electrons. The molecule has 0 spiro atoms. The first-order valence-electron chi connectivity index (χ1n) is 11.1. The molecule has 6 heteroatoms. The lowest BCUT2D eigenvalue weighted by Crippen LogP contribution is -2.31. The third-order valence-electron chi connectivity index (χ3n) is 5.50. The van der Waals surface area contributed by atoms with E-state index in [1.807, 2.05) is 18.2 Å². The summed E-state index contributed by atoms with van der Waals surface area (Å²) in [7, 11) is -3.30. The molecule has 0 amide bonds. The van der Waals surface area contributed by atoms with E-state index < -0.39 is 10.0 Å². The summed E-state index contributed by atoms with van der Waals surface area (Å²) in [4.78, 5) is 2.51. The summed E-state index contributed by atoms with van der Waals surface area (Å²) in [5, 5.41) is 0. The molecular weight excluding hydrogens is 396 g/mol. The number of nitrogens with one attached hydrogen (secondary N) is 1. The Morgan fingerprint density at radius 3 is 2.50 bits per heavy atom. The minimum Gasteiger partial charge on any atom is -0.457 e. The van der Waals surface area contributed by atoms with Crippen LogP contribution in [-0.2, 0) is 23.0 Å². The maximum atomic E-state index is 12.2. The zero-order chi connectivity index (χ0) is 21.4. The van der Waals surface area contributed by atoms with Gasteiger partial charge in [0.25, 0.3) is 0 Å². The van der Waals surface area contributed by atoms with E-state index in [2.05, 4.69) is 35.6 Å². The van der Waals surface area contributed by atoms with Gasteiger partial charge >= 0.3 is 0 Å². The molecule has 0 unspecified atom stereocenters. The molecule has 0 aliphatic carbocycles. The Bertz CT molecular complexity index is 911. The molecule has 0 atom stereocenters. The molecule has 0 fully saturated rings. The van der Waals surface area contributed by atoms with Gasteiger partial charge in [-0.1, -0.05) is 45.2 Å². The zero-order valence-electron chi connectivity index (χ0n) is 18.2. The van der Waals surface area contributed by atoms with Crippen LogP contribution in [0.2, 0.25) is 0 Å². The standard InChI is InChI=1S/C24H34N2O3S/c1-3-5-7-18-30(27,28)25-21-11-13-22(14-12-21)29-24-10-8-9-20-19-26(16-6-4-2)17-15-23(20)24/h8-14,25H,3-7,15-19H2,1-2H3. The number of hydrogen-bond acceptors (Lipinski definition) is 4. The molecule has 0 bridgehead atoms. The van der Waals surface area contributed by atoms with E-state index in [9.17, 15) is 8.42 Å². The Morgan fingerprint density at radius 1 is 1.00 bits per heavy atom. The Kier molecular flexibility index (Phi) is 8.16. The van der Waals surface area contributed by atoms with Crippen LogP contribution < -0.4 is 9.46 Å². The van der Waals surface area contributed by atoms with Gasteiger partial charge in [0, 0.05) is 24.3 Å². The number of anilines is 1. The summed E-state index contributed by atoms with van der Waals surface area (Å²) >= 11 is 0. The summed E-state index contributed by atoms with van der Waals surface area (Å²) in [6, 6.07) is 13.4. The normalized spacial score (nSPS) is 14.3. The number of ether oxygens (including phenoxy) is 1. The van der Waals surface area contributed by atoms with E-state index in [1.165, 1.54) is 24.0 Å². The van der Waals surface area contributed by atoms with Crippen molar-refractivity contribution in [3.63, 3.8) is 0 Å². The second kappa shape index (κ2) is 10.8. The van der Waals surface area contributed by atoms with Gasteiger partial charge in [0.2, 0.25) is 10.0 Å². The topological polar surface area (TPSA) is 58.6 Å². The second-order valence-corrected chi connectivity index (χ2v) is 9.87. The largest absolute Gasteiger partial charge is 0.457 e. The van der Waals surface area contributed by atoms with E-state index in [0.717, 1.165) is 44.6 Å². The molecule has 1 aliphatic rings. The third-order valence-corrected chi connectivity index (χ3v) is 6.87. The highest BCUT2D eigenvalue weighted by Crippen LogP contribution is 2.32. The van der Waals surface area contributed by atoms with Crippen molar-refractivity contribution in [3.05, 3.63) is 53.6 Å². The van der Waals surface area contributed by atoms with Crippen LogP contribution in [0.15, 0.2) is 42.5 Å². The molecule has 0 radical (unpaired) electrons. The summed E-state index contributed by atoms with van der Waals surface area (Å²) < 4.78 is 33.1. The maximum absolute atomic E-state index is 12.2. The highest BCUT2D eigenvalue weighted by molar-refractivity contribution is 7.92. The van der Waals surface area contributed by atoms with Crippen LogP contribution in [0.25, 0.3) is 0 Å². The molecule has 3 rings (SSSR count). The fraction of sp³-hybridized carbons (Fsp3) is 0.500. The van der Waals surface area contributed by atoms with Crippen molar-refractivity contribution in [2.24, 2.45) is 0 Å². The Labute approximate surface area is 181 Å². The minimum atomic E-state index is -3.30. The summed E-state index contributed by atoms with van der Waals surface area (Å²) in [5.74, 6) is 1.77. The average Bonchev–Trinajstić information content (AvgIpc) is 2.73. The second-order valence-electron chi connectivity index (χ2n) is 8.03. The van der Waals surface area contributed by atoms with Gasteiger partial charge < -0.3 is 4.74 Å². The predicted octanol–water partition coefficient (Wildman–Crippen LogP) is 5.57. The van der Waals surface area contributed by atoms with Crippen LogP contribution in [0.5, 0.6) is 11.5 Å². The van der Waals surface area contributed by atoms with Crippen LogP contribution >= 0.6 is 0 Å². The first kappa shape index (κ1) is 22.6. The molecular formula is C24H34N2O3S. The SMILES string of the molecule is CCCCCS(=O)(=O)Nc1ccc(Oc2cccc3c2CCN(CCCC)C3)cc1. The van der Waals surface area contributed by atoms with E-state index >= 15 is 0 Å². The minimum absolute atomic E-state index is 0.157. The number of hydrogen-bond donors (Lipinski definition) is 1. The van der Waals surface area contributed by atoms with Crippen molar-refractivity contribution in [2.45, 2.75) is 58.9 Å². The molecule has 1 N–H and O–H groups in total. The number of sulfonamides is 1. The van der Waals surface area contributed by atoms with Gasteiger partial charge in [-0.25, -0.2) is 8.42 Å². The number of unbranched alkanes of at least 4 members (excludes halogenated alkanes) is 3. The van der Waals surface area contributed by atoms with Crippen LogP contribution in [0, 0.1) is 0 Å². The van der Waals surface area contributed by atoms with Crippen molar-refractivity contribution in [2.75, 3.05) is 23.6 Å². The molecule has 2 aromatic rings. The van der Waals surface area contributed by atoms with Crippen LogP contribution in [0.1, 0.15) is 57.1 Å². The highest BCUT2D eigenvalue weighted by atomic mass is 32.2. The Balaban J connectivity index is 1.62. The van der Waals surface area contributed by atoms with E-state index in [4.69, 9.17) is 4.74 Å². The van der Waals surface area contributed by atoms with E-state index in [0.29, 0.717) is 17.9 Å². The van der Waals surface area contributed by atoms with E-state index in [1.54, 1.807) is 12.1 Å². The van der Waals surface area contributed by atoms with E-state index in [-0.39, 0.29) is 5.75 Å². The number of rotatable bonds is 11. The lowest BCUT2D eigenvalue weighted by molar-refractivity contribution is 0.248. The Hall–Kier alpha value is -2.05. The fourth-order valence-corrected chi connectivity index (χ4v) is 4.97. The molecule has 2 aromatic carbocycles. The van der Waals surface area contributed by atoms with Crippen molar-refractivity contribution >= 4 is 15.7 Å². The average molecular weight is 431 g/mol. The Morgan fingerprint density at radius 2 is 1.77 bits per heavy atom. The van der Waals surface area contributed by atoms with Gasteiger partial charge in [0.05, 0.1) is 5.75 Å². The van der Waals surface area contributed by atoms with Gasteiger partial charge in [-0.2, -0.15) is 0 Å². The molecule has 30 heavy (non-hydrogen) atoms. The highest BCUT2D eigenvalue weighted by Gasteiger charge is 2.19. The van der Waals surface area contributed by atoms with Gasteiger partial charge in [0.1, 0.15) is 11.5 Å².